The molecule has 0 saturated carbocycles. The molecule has 1 unspecified atom stereocenters. The van der Waals surface area contributed by atoms with Crippen molar-refractivity contribution in [2.75, 3.05) is 7.11 Å². The van der Waals surface area contributed by atoms with Crippen LogP contribution in [0.25, 0.3) is 0 Å². The Bertz CT molecular complexity index is 240. The molecule has 13 heavy (non-hydrogen) atoms. The Morgan fingerprint density at radius 3 is 2.54 bits per heavy atom. The van der Waals surface area contributed by atoms with Gasteiger partial charge in [0.25, 0.3) is 0 Å². The first-order valence-corrected chi connectivity index (χ1v) is 4.98. The molecular formula is C10H14BrNO. The molecular weight excluding hydrogens is 230 g/mol. The Hall–Kier alpha value is -0.380. The largest absolute Gasteiger partial charge is 0.291 e. The standard InChI is InChI=1S/C10H14BrNO/c1-9(12(11)13-2)8-10-6-4-3-5-7-10/h3-7,9H,8H2,1-2H3. The molecule has 2 nitrogen and oxygen atoms in total. The van der Waals surface area contributed by atoms with E-state index < -0.39 is 0 Å². The van der Waals surface area contributed by atoms with Crippen molar-refractivity contribution in [3.05, 3.63) is 35.9 Å². The summed E-state index contributed by atoms with van der Waals surface area (Å²) in [6.07, 6.45) is 0.972. The zero-order valence-electron chi connectivity index (χ0n) is 7.90. The van der Waals surface area contributed by atoms with Gasteiger partial charge in [0.05, 0.1) is 7.11 Å². The highest BCUT2D eigenvalue weighted by Gasteiger charge is 2.10. The Labute approximate surface area is 87.8 Å². The molecule has 0 N–H and O–H groups in total. The lowest BCUT2D eigenvalue weighted by Crippen LogP contribution is -2.24. The summed E-state index contributed by atoms with van der Waals surface area (Å²) in [4.78, 5) is 5.03. The minimum atomic E-state index is 0.326. The van der Waals surface area contributed by atoms with Crippen LogP contribution in [0.2, 0.25) is 0 Å². The first-order chi connectivity index (χ1) is 6.24. The average Bonchev–Trinajstić information content (AvgIpc) is 2.18. The number of hydroxylamine groups is 1. The highest BCUT2D eigenvalue weighted by Crippen LogP contribution is 2.11. The molecule has 72 valence electrons. The molecule has 1 rings (SSSR count). The van der Waals surface area contributed by atoms with E-state index in [0.29, 0.717) is 6.04 Å². The molecule has 1 atom stereocenters. The van der Waals surface area contributed by atoms with Crippen LogP contribution in [-0.2, 0) is 11.3 Å². The van der Waals surface area contributed by atoms with Crippen molar-refractivity contribution in [1.29, 1.82) is 0 Å². The zero-order chi connectivity index (χ0) is 9.68. The smallest absolute Gasteiger partial charge is 0.0586 e. The van der Waals surface area contributed by atoms with Crippen LogP contribution >= 0.6 is 16.1 Å². The predicted octanol–water partition coefficient (Wildman–Crippen LogP) is 2.79. The van der Waals surface area contributed by atoms with E-state index in [1.807, 2.05) is 18.2 Å². The Morgan fingerprint density at radius 2 is 2.00 bits per heavy atom. The first kappa shape index (κ1) is 10.7. The third kappa shape index (κ3) is 3.46. The lowest BCUT2D eigenvalue weighted by atomic mass is 10.1. The molecule has 0 spiro atoms. The second-order valence-corrected chi connectivity index (χ2v) is 3.69. The van der Waals surface area contributed by atoms with E-state index in [1.165, 1.54) is 5.56 Å². The maximum Gasteiger partial charge on any atom is 0.0586 e. The van der Waals surface area contributed by atoms with Gasteiger partial charge in [0, 0.05) is 22.2 Å². The highest BCUT2D eigenvalue weighted by molar-refractivity contribution is 9.07. The number of halogens is 1. The molecule has 0 saturated heterocycles. The van der Waals surface area contributed by atoms with Gasteiger partial charge in [-0.2, -0.15) is 0 Å². The van der Waals surface area contributed by atoms with Gasteiger partial charge in [0.1, 0.15) is 0 Å². The topological polar surface area (TPSA) is 12.5 Å². The molecule has 0 fully saturated rings. The molecule has 0 aliphatic heterocycles. The zero-order valence-corrected chi connectivity index (χ0v) is 9.49. The molecule has 1 aromatic rings. The van der Waals surface area contributed by atoms with Crippen molar-refractivity contribution in [3.8, 4) is 0 Å². The molecule has 0 heterocycles. The summed E-state index contributed by atoms with van der Waals surface area (Å²) >= 11 is 3.31. The Balaban J connectivity index is 2.50. The highest BCUT2D eigenvalue weighted by atomic mass is 79.9. The van der Waals surface area contributed by atoms with Crippen LogP contribution in [0.1, 0.15) is 12.5 Å². The maximum absolute atomic E-state index is 5.03. The molecule has 0 amide bonds. The van der Waals surface area contributed by atoms with E-state index in [4.69, 9.17) is 4.84 Å². The number of hydrogen-bond donors (Lipinski definition) is 0. The van der Waals surface area contributed by atoms with Crippen molar-refractivity contribution < 1.29 is 4.84 Å². The fraction of sp³-hybridized carbons (Fsp3) is 0.400. The third-order valence-corrected chi connectivity index (χ3v) is 2.88. The van der Waals surface area contributed by atoms with Gasteiger partial charge in [-0.15, -0.1) is 4.09 Å². The molecule has 1 aromatic carbocycles. The van der Waals surface area contributed by atoms with Crippen LogP contribution in [0.15, 0.2) is 30.3 Å². The van der Waals surface area contributed by atoms with Gasteiger partial charge < -0.3 is 0 Å². The number of hydrogen-bond acceptors (Lipinski definition) is 2. The van der Waals surface area contributed by atoms with E-state index in [1.54, 1.807) is 11.2 Å². The fourth-order valence-electron chi connectivity index (χ4n) is 1.21. The van der Waals surface area contributed by atoms with Gasteiger partial charge in [-0.3, -0.25) is 4.84 Å². The van der Waals surface area contributed by atoms with E-state index >= 15 is 0 Å². The van der Waals surface area contributed by atoms with Crippen molar-refractivity contribution >= 4 is 16.1 Å². The van der Waals surface area contributed by atoms with E-state index in [-0.39, 0.29) is 0 Å². The summed E-state index contributed by atoms with van der Waals surface area (Å²) in [6, 6.07) is 10.7. The van der Waals surface area contributed by atoms with Crippen molar-refractivity contribution in [1.82, 2.24) is 4.09 Å². The second-order valence-electron chi connectivity index (χ2n) is 2.99. The van der Waals surface area contributed by atoms with E-state index in [0.717, 1.165) is 6.42 Å². The minimum Gasteiger partial charge on any atom is -0.291 e. The SMILES string of the molecule is CON(Br)C(C)Cc1ccccc1. The normalized spacial score (nSPS) is 13.2. The molecule has 0 aromatic heterocycles. The number of nitrogens with zero attached hydrogens (tertiary/aromatic N) is 1. The summed E-state index contributed by atoms with van der Waals surface area (Å²) in [7, 11) is 1.65. The second kappa shape index (κ2) is 5.37. The van der Waals surface area contributed by atoms with Gasteiger partial charge in [-0.25, -0.2) is 0 Å². The molecule has 0 aliphatic carbocycles. The van der Waals surface area contributed by atoms with Crippen LogP contribution in [0, 0.1) is 0 Å². The third-order valence-electron chi connectivity index (χ3n) is 1.89. The maximum atomic E-state index is 5.03. The lowest BCUT2D eigenvalue weighted by molar-refractivity contribution is -0.0565. The van der Waals surface area contributed by atoms with Gasteiger partial charge in [0.15, 0.2) is 0 Å². The van der Waals surface area contributed by atoms with Gasteiger partial charge in [-0.1, -0.05) is 30.3 Å². The number of benzene rings is 1. The molecule has 0 aliphatic rings. The van der Waals surface area contributed by atoms with Crippen molar-refractivity contribution in [2.45, 2.75) is 19.4 Å². The quantitative estimate of drug-likeness (QED) is 0.596. The van der Waals surface area contributed by atoms with Crippen LogP contribution < -0.4 is 0 Å². The Kier molecular flexibility index (Phi) is 4.42. The molecule has 0 radical (unpaired) electrons. The van der Waals surface area contributed by atoms with Crippen molar-refractivity contribution in [2.24, 2.45) is 0 Å². The minimum absolute atomic E-state index is 0.326. The van der Waals surface area contributed by atoms with Gasteiger partial charge >= 0.3 is 0 Å². The van der Waals surface area contributed by atoms with Crippen LogP contribution in [0.4, 0.5) is 0 Å². The molecule has 0 bridgehead atoms. The van der Waals surface area contributed by atoms with E-state index in [2.05, 4.69) is 35.2 Å². The van der Waals surface area contributed by atoms with Crippen LogP contribution in [0.5, 0.6) is 0 Å². The lowest BCUT2D eigenvalue weighted by Gasteiger charge is -2.19. The summed E-state index contributed by atoms with van der Waals surface area (Å²) in [5.74, 6) is 0. The van der Waals surface area contributed by atoms with Crippen LogP contribution in [0.3, 0.4) is 0 Å². The average molecular weight is 244 g/mol. The summed E-state index contributed by atoms with van der Waals surface area (Å²) in [6.45, 7) is 2.10. The predicted molar refractivity (Wildman–Crippen MR) is 57.4 cm³/mol. The monoisotopic (exact) mass is 243 g/mol. The van der Waals surface area contributed by atoms with Gasteiger partial charge in [-0.05, 0) is 18.9 Å². The first-order valence-electron chi connectivity index (χ1n) is 4.27. The van der Waals surface area contributed by atoms with E-state index in [9.17, 15) is 0 Å². The summed E-state index contributed by atoms with van der Waals surface area (Å²) in [5.41, 5.74) is 1.32. The van der Waals surface area contributed by atoms with Crippen LogP contribution in [-0.4, -0.2) is 17.2 Å². The summed E-state index contributed by atoms with van der Waals surface area (Å²) < 4.78 is 1.68. The van der Waals surface area contributed by atoms with Crippen molar-refractivity contribution in [3.63, 3.8) is 0 Å². The summed E-state index contributed by atoms with van der Waals surface area (Å²) in [5, 5.41) is 0. The molecule has 3 heteroatoms. The number of rotatable bonds is 4. The fourth-order valence-corrected chi connectivity index (χ4v) is 1.35. The Morgan fingerprint density at radius 1 is 1.38 bits per heavy atom. The van der Waals surface area contributed by atoms with Gasteiger partial charge in [0.2, 0.25) is 0 Å².